The second kappa shape index (κ2) is 10.9. The first-order valence-corrected chi connectivity index (χ1v) is 11.3. The zero-order chi connectivity index (χ0) is 25.7. The van der Waals surface area contributed by atoms with Gasteiger partial charge in [-0.2, -0.15) is 5.10 Å². The standard InChI is InChI=1S/C26H29N7O3/c1-6-24(34)28-20-15-19(22(35-5)16-23(20)36-14-13-32(2)3)30-26-27-12-11-18(29-26)25-17-9-7-8-10-21(17)33(4)31-25/h6-12,15-16H,1,13-14H2,2-5H3,(H,28,34)(H,27,29,30). The molecule has 10 heteroatoms. The molecular formula is C26H29N7O3. The van der Waals surface area contributed by atoms with Gasteiger partial charge in [0.05, 0.1) is 29.7 Å². The normalized spacial score (nSPS) is 10.9. The lowest BCUT2D eigenvalue weighted by Crippen LogP contribution is -2.20. The zero-order valence-corrected chi connectivity index (χ0v) is 20.8. The minimum atomic E-state index is -0.358. The molecule has 0 unspecified atom stereocenters. The Kier molecular flexibility index (Phi) is 7.45. The van der Waals surface area contributed by atoms with E-state index in [0.717, 1.165) is 16.6 Å². The van der Waals surface area contributed by atoms with E-state index in [1.807, 2.05) is 61.1 Å². The van der Waals surface area contributed by atoms with Gasteiger partial charge in [0, 0.05) is 31.2 Å². The van der Waals surface area contributed by atoms with E-state index in [1.165, 1.54) is 6.08 Å². The number of methoxy groups -OCH3 is 1. The lowest BCUT2D eigenvalue weighted by atomic mass is 10.1. The van der Waals surface area contributed by atoms with Crippen molar-refractivity contribution in [2.45, 2.75) is 0 Å². The van der Waals surface area contributed by atoms with Crippen LogP contribution in [0.2, 0.25) is 0 Å². The molecule has 186 valence electrons. The Morgan fingerprint density at radius 2 is 1.97 bits per heavy atom. The van der Waals surface area contributed by atoms with Gasteiger partial charge in [0.25, 0.3) is 0 Å². The third-order valence-corrected chi connectivity index (χ3v) is 5.44. The van der Waals surface area contributed by atoms with E-state index < -0.39 is 0 Å². The van der Waals surface area contributed by atoms with Crippen molar-refractivity contribution in [3.05, 3.63) is 61.3 Å². The molecule has 10 nitrogen and oxygen atoms in total. The summed E-state index contributed by atoms with van der Waals surface area (Å²) in [5.74, 6) is 0.972. The third kappa shape index (κ3) is 5.44. The van der Waals surface area contributed by atoms with E-state index in [4.69, 9.17) is 9.47 Å². The van der Waals surface area contributed by atoms with Crippen LogP contribution in [0.3, 0.4) is 0 Å². The van der Waals surface area contributed by atoms with Crippen LogP contribution in [-0.4, -0.2) is 64.9 Å². The Bertz CT molecular complexity index is 1400. The van der Waals surface area contributed by atoms with E-state index in [9.17, 15) is 4.79 Å². The number of fused-ring (bicyclic) bond motifs is 1. The maximum Gasteiger partial charge on any atom is 0.247 e. The van der Waals surface area contributed by atoms with Gasteiger partial charge in [-0.15, -0.1) is 0 Å². The lowest BCUT2D eigenvalue weighted by molar-refractivity contribution is -0.111. The second-order valence-corrected chi connectivity index (χ2v) is 8.27. The molecule has 4 aromatic rings. The molecule has 0 bridgehead atoms. The number of aromatic nitrogens is 4. The number of nitrogens with zero attached hydrogens (tertiary/aromatic N) is 5. The van der Waals surface area contributed by atoms with Crippen LogP contribution in [-0.2, 0) is 11.8 Å². The molecule has 2 N–H and O–H groups in total. The quantitative estimate of drug-likeness (QED) is 0.325. The number of rotatable bonds is 10. The summed E-state index contributed by atoms with van der Waals surface area (Å²) in [6, 6.07) is 13.2. The highest BCUT2D eigenvalue weighted by molar-refractivity contribution is 6.00. The van der Waals surface area contributed by atoms with Crippen molar-refractivity contribution < 1.29 is 14.3 Å². The smallest absolute Gasteiger partial charge is 0.247 e. The summed E-state index contributed by atoms with van der Waals surface area (Å²) < 4.78 is 13.3. The summed E-state index contributed by atoms with van der Waals surface area (Å²) in [7, 11) is 7.38. The van der Waals surface area contributed by atoms with Crippen LogP contribution in [0.1, 0.15) is 0 Å². The first-order valence-electron chi connectivity index (χ1n) is 11.3. The van der Waals surface area contributed by atoms with Crippen molar-refractivity contribution in [3.8, 4) is 22.9 Å². The summed E-state index contributed by atoms with van der Waals surface area (Å²) in [5, 5.41) is 11.6. The van der Waals surface area contributed by atoms with E-state index in [0.29, 0.717) is 47.7 Å². The molecule has 36 heavy (non-hydrogen) atoms. The minimum absolute atomic E-state index is 0.350. The number of aryl methyl sites for hydroxylation is 1. The highest BCUT2D eigenvalue weighted by Crippen LogP contribution is 2.38. The Labute approximate surface area is 209 Å². The molecular weight excluding hydrogens is 458 g/mol. The number of benzene rings is 2. The molecule has 0 aliphatic heterocycles. The third-order valence-electron chi connectivity index (χ3n) is 5.44. The highest BCUT2D eigenvalue weighted by Gasteiger charge is 2.16. The van der Waals surface area contributed by atoms with E-state index >= 15 is 0 Å². The monoisotopic (exact) mass is 487 g/mol. The number of carbonyl (C=O) groups excluding carboxylic acids is 1. The van der Waals surface area contributed by atoms with Crippen molar-refractivity contribution in [3.63, 3.8) is 0 Å². The maximum atomic E-state index is 12.1. The molecule has 1 amide bonds. The Morgan fingerprint density at radius 1 is 1.17 bits per heavy atom. The zero-order valence-electron chi connectivity index (χ0n) is 20.8. The number of ether oxygens (including phenoxy) is 2. The average molecular weight is 488 g/mol. The molecule has 0 radical (unpaired) electrons. The summed E-state index contributed by atoms with van der Waals surface area (Å²) >= 11 is 0. The molecule has 2 heterocycles. The Morgan fingerprint density at radius 3 is 2.72 bits per heavy atom. The number of carbonyl (C=O) groups is 1. The van der Waals surface area contributed by atoms with Crippen LogP contribution in [0.5, 0.6) is 11.5 Å². The van der Waals surface area contributed by atoms with Gasteiger partial charge in [-0.25, -0.2) is 9.97 Å². The van der Waals surface area contributed by atoms with Crippen molar-refractivity contribution in [1.29, 1.82) is 0 Å². The minimum Gasteiger partial charge on any atom is -0.494 e. The molecule has 0 atom stereocenters. The van der Waals surface area contributed by atoms with Gasteiger partial charge in [0.2, 0.25) is 11.9 Å². The molecule has 2 aromatic carbocycles. The Balaban J connectivity index is 1.68. The average Bonchev–Trinajstić information content (AvgIpc) is 3.21. The molecule has 0 saturated carbocycles. The number of nitrogens with one attached hydrogen (secondary N) is 2. The summed E-state index contributed by atoms with van der Waals surface area (Å²) in [4.78, 5) is 23.1. The fourth-order valence-electron chi connectivity index (χ4n) is 3.64. The van der Waals surface area contributed by atoms with Crippen molar-refractivity contribution in [1.82, 2.24) is 24.6 Å². The lowest BCUT2D eigenvalue weighted by Gasteiger charge is -2.18. The van der Waals surface area contributed by atoms with Crippen molar-refractivity contribution >= 4 is 34.1 Å². The van der Waals surface area contributed by atoms with Gasteiger partial charge in [0.15, 0.2) is 0 Å². The van der Waals surface area contributed by atoms with Gasteiger partial charge in [-0.1, -0.05) is 24.8 Å². The van der Waals surface area contributed by atoms with Gasteiger partial charge >= 0.3 is 0 Å². The van der Waals surface area contributed by atoms with Crippen LogP contribution >= 0.6 is 0 Å². The summed E-state index contributed by atoms with van der Waals surface area (Å²) in [6.45, 7) is 4.67. The van der Waals surface area contributed by atoms with Crippen molar-refractivity contribution in [2.75, 3.05) is 45.0 Å². The topological polar surface area (TPSA) is 106 Å². The second-order valence-electron chi connectivity index (χ2n) is 8.27. The molecule has 0 saturated heterocycles. The fourth-order valence-corrected chi connectivity index (χ4v) is 3.64. The number of para-hydroxylation sites is 1. The van der Waals surface area contributed by atoms with Gasteiger partial charge in [-0.05, 0) is 38.4 Å². The molecule has 0 fully saturated rings. The highest BCUT2D eigenvalue weighted by atomic mass is 16.5. The van der Waals surface area contributed by atoms with E-state index in [2.05, 4.69) is 32.3 Å². The number of hydrogen-bond acceptors (Lipinski definition) is 8. The molecule has 0 aliphatic rings. The summed E-state index contributed by atoms with van der Waals surface area (Å²) in [6.07, 6.45) is 2.87. The van der Waals surface area contributed by atoms with Crippen molar-refractivity contribution in [2.24, 2.45) is 7.05 Å². The number of hydrogen-bond donors (Lipinski definition) is 2. The first-order chi connectivity index (χ1) is 17.4. The van der Waals surface area contributed by atoms with Crippen LogP contribution in [0.15, 0.2) is 61.3 Å². The predicted octanol–water partition coefficient (Wildman–Crippen LogP) is 3.85. The van der Waals surface area contributed by atoms with Crippen LogP contribution in [0, 0.1) is 0 Å². The number of likely N-dealkylation sites (N-methyl/N-ethyl adjacent to an activating group) is 1. The molecule has 0 spiro atoms. The van der Waals surface area contributed by atoms with Gasteiger partial charge in [0.1, 0.15) is 23.8 Å². The Hall–Kier alpha value is -4.44. The number of amides is 1. The van der Waals surface area contributed by atoms with Crippen LogP contribution < -0.4 is 20.1 Å². The SMILES string of the molecule is C=CC(=O)Nc1cc(Nc2nccc(-c3nn(C)c4ccccc34)n2)c(OC)cc1OCCN(C)C. The first kappa shape index (κ1) is 24.7. The molecule has 2 aromatic heterocycles. The van der Waals surface area contributed by atoms with Gasteiger partial charge in [-0.3, -0.25) is 9.48 Å². The maximum absolute atomic E-state index is 12.1. The predicted molar refractivity (Wildman–Crippen MR) is 141 cm³/mol. The fraction of sp³-hybridized carbons (Fsp3) is 0.231. The van der Waals surface area contributed by atoms with Crippen LogP contribution in [0.25, 0.3) is 22.3 Å². The van der Waals surface area contributed by atoms with Gasteiger partial charge < -0.3 is 25.0 Å². The van der Waals surface area contributed by atoms with Crippen LogP contribution in [0.4, 0.5) is 17.3 Å². The molecule has 4 rings (SSSR count). The largest absolute Gasteiger partial charge is 0.494 e. The van der Waals surface area contributed by atoms with E-state index in [1.54, 1.807) is 25.4 Å². The molecule has 0 aliphatic carbocycles. The van der Waals surface area contributed by atoms with E-state index in [-0.39, 0.29) is 5.91 Å². The summed E-state index contributed by atoms with van der Waals surface area (Å²) in [5.41, 5.74) is 3.46. The number of anilines is 3.